The van der Waals surface area contributed by atoms with E-state index in [2.05, 4.69) is 5.32 Å². The van der Waals surface area contributed by atoms with Crippen LogP contribution in [0.15, 0.2) is 54.2 Å². The molecule has 0 aromatic heterocycles. The third-order valence-corrected chi connectivity index (χ3v) is 4.38. The van der Waals surface area contributed by atoms with Crippen LogP contribution in [-0.2, 0) is 4.79 Å². The number of hydrogen-bond donors (Lipinski definition) is 2. The van der Waals surface area contributed by atoms with Gasteiger partial charge in [-0.15, -0.1) is 0 Å². The van der Waals surface area contributed by atoms with Gasteiger partial charge < -0.3 is 20.5 Å². The summed E-state index contributed by atoms with van der Waals surface area (Å²) in [5.41, 5.74) is 9.38. The average Bonchev–Trinajstić information content (AvgIpc) is 2.62. The van der Waals surface area contributed by atoms with E-state index in [-0.39, 0.29) is 11.7 Å². The first-order valence-electron chi connectivity index (χ1n) is 8.17. The molecule has 5 nitrogen and oxygen atoms in total. The monoisotopic (exact) mass is 338 g/mol. The molecule has 1 atom stereocenters. The molecule has 25 heavy (non-hydrogen) atoms. The molecule has 2 aromatic rings. The van der Waals surface area contributed by atoms with E-state index in [9.17, 15) is 4.79 Å². The van der Waals surface area contributed by atoms with E-state index in [4.69, 9.17) is 15.2 Å². The number of ether oxygens (including phenoxy) is 2. The van der Waals surface area contributed by atoms with Gasteiger partial charge in [-0.3, -0.25) is 4.79 Å². The van der Waals surface area contributed by atoms with E-state index in [1.165, 1.54) is 0 Å². The Morgan fingerprint density at radius 2 is 1.80 bits per heavy atom. The van der Waals surface area contributed by atoms with Crippen LogP contribution in [0.4, 0.5) is 11.4 Å². The number of anilines is 2. The van der Waals surface area contributed by atoms with Crippen molar-refractivity contribution in [2.24, 2.45) is 0 Å². The Bertz CT molecular complexity index is 814. The van der Waals surface area contributed by atoms with Crippen LogP contribution in [0.25, 0.3) is 0 Å². The number of nitrogens with two attached hydrogens (primary N) is 1. The van der Waals surface area contributed by atoms with Gasteiger partial charge in [-0.05, 0) is 42.2 Å². The summed E-state index contributed by atoms with van der Waals surface area (Å²) in [6, 6.07) is 13.3. The Morgan fingerprint density at radius 1 is 1.04 bits per heavy atom. The minimum Gasteiger partial charge on any atom is -0.493 e. The van der Waals surface area contributed by atoms with Gasteiger partial charge in [0.15, 0.2) is 17.3 Å². The summed E-state index contributed by atoms with van der Waals surface area (Å²) in [7, 11) is 3.22. The van der Waals surface area contributed by atoms with Gasteiger partial charge in [-0.2, -0.15) is 0 Å². The molecule has 1 aliphatic rings. The molecule has 0 bridgehead atoms. The van der Waals surface area contributed by atoms with Crippen molar-refractivity contribution in [2.45, 2.75) is 18.8 Å². The van der Waals surface area contributed by atoms with Crippen LogP contribution in [0.5, 0.6) is 11.5 Å². The third-order valence-electron chi connectivity index (χ3n) is 4.38. The molecule has 5 heteroatoms. The van der Waals surface area contributed by atoms with Crippen LogP contribution in [0.3, 0.4) is 0 Å². The molecule has 1 aliphatic carbocycles. The van der Waals surface area contributed by atoms with Crippen LogP contribution in [0.2, 0.25) is 0 Å². The van der Waals surface area contributed by atoms with Crippen molar-refractivity contribution < 1.29 is 14.3 Å². The average molecular weight is 338 g/mol. The fourth-order valence-electron chi connectivity index (χ4n) is 3.11. The first kappa shape index (κ1) is 16.9. The zero-order valence-electron chi connectivity index (χ0n) is 14.4. The van der Waals surface area contributed by atoms with Crippen molar-refractivity contribution >= 4 is 17.2 Å². The van der Waals surface area contributed by atoms with Crippen LogP contribution >= 0.6 is 0 Å². The van der Waals surface area contributed by atoms with Gasteiger partial charge in [0, 0.05) is 18.2 Å². The normalized spacial score (nSPS) is 17.0. The highest BCUT2D eigenvalue weighted by atomic mass is 16.5. The summed E-state index contributed by atoms with van der Waals surface area (Å²) in [5, 5.41) is 3.29. The second kappa shape index (κ2) is 7.30. The van der Waals surface area contributed by atoms with Gasteiger partial charge in [0.05, 0.1) is 25.6 Å². The molecule has 0 heterocycles. The summed E-state index contributed by atoms with van der Waals surface area (Å²) >= 11 is 0. The number of carbonyl (C=O) groups excluding carboxylic acids is 1. The Morgan fingerprint density at radius 3 is 2.52 bits per heavy atom. The molecule has 0 radical (unpaired) electrons. The molecule has 0 fully saturated rings. The number of carbonyl (C=O) groups is 1. The maximum Gasteiger partial charge on any atom is 0.160 e. The molecule has 3 rings (SSSR count). The van der Waals surface area contributed by atoms with Crippen molar-refractivity contribution in [1.29, 1.82) is 0 Å². The highest BCUT2D eigenvalue weighted by Crippen LogP contribution is 2.37. The lowest BCUT2D eigenvalue weighted by atomic mass is 9.85. The molecule has 0 spiro atoms. The topological polar surface area (TPSA) is 73.6 Å². The summed E-state index contributed by atoms with van der Waals surface area (Å²) in [4.78, 5) is 12.2. The number of nitrogens with one attached hydrogen (secondary N) is 1. The number of methoxy groups -OCH3 is 2. The molecule has 3 N–H and O–H groups in total. The van der Waals surface area contributed by atoms with E-state index in [1.807, 2.05) is 42.5 Å². The van der Waals surface area contributed by atoms with Gasteiger partial charge in [0.2, 0.25) is 0 Å². The first-order chi connectivity index (χ1) is 12.1. The maximum atomic E-state index is 12.2. The third kappa shape index (κ3) is 3.76. The Kier molecular flexibility index (Phi) is 4.93. The van der Waals surface area contributed by atoms with Crippen molar-refractivity contribution in [1.82, 2.24) is 0 Å². The summed E-state index contributed by atoms with van der Waals surface area (Å²) in [6.07, 6.45) is 2.88. The second-order valence-electron chi connectivity index (χ2n) is 6.07. The number of ketones is 1. The predicted molar refractivity (Wildman–Crippen MR) is 99.1 cm³/mol. The van der Waals surface area contributed by atoms with Gasteiger partial charge in [-0.25, -0.2) is 0 Å². The van der Waals surface area contributed by atoms with E-state index in [0.717, 1.165) is 23.4 Å². The quantitative estimate of drug-likeness (QED) is 0.813. The number of rotatable bonds is 5. The molecule has 0 saturated carbocycles. The lowest BCUT2D eigenvalue weighted by molar-refractivity contribution is -0.115. The SMILES string of the molecule is COc1ccc(C2CC(=O)C=C(Nc3ccccc3N)C2)cc1OC. The fraction of sp³-hybridized carbons (Fsp3) is 0.250. The van der Waals surface area contributed by atoms with E-state index >= 15 is 0 Å². The lowest BCUT2D eigenvalue weighted by Crippen LogP contribution is -2.17. The zero-order chi connectivity index (χ0) is 17.8. The number of allylic oxidation sites excluding steroid dienone is 2. The molecule has 2 aromatic carbocycles. The minimum absolute atomic E-state index is 0.0877. The molecule has 1 unspecified atom stereocenters. The number of hydrogen-bond acceptors (Lipinski definition) is 5. The van der Waals surface area contributed by atoms with Crippen LogP contribution in [-0.4, -0.2) is 20.0 Å². The molecule has 0 amide bonds. The highest BCUT2D eigenvalue weighted by Gasteiger charge is 2.23. The van der Waals surface area contributed by atoms with E-state index in [0.29, 0.717) is 23.6 Å². The van der Waals surface area contributed by atoms with E-state index in [1.54, 1.807) is 20.3 Å². The lowest BCUT2D eigenvalue weighted by Gasteiger charge is -2.24. The Balaban J connectivity index is 1.82. The van der Waals surface area contributed by atoms with Crippen molar-refractivity contribution in [3.8, 4) is 11.5 Å². The van der Waals surface area contributed by atoms with Crippen molar-refractivity contribution in [3.05, 3.63) is 59.8 Å². The number of benzene rings is 2. The van der Waals surface area contributed by atoms with Crippen molar-refractivity contribution in [3.63, 3.8) is 0 Å². The van der Waals surface area contributed by atoms with Crippen LogP contribution < -0.4 is 20.5 Å². The van der Waals surface area contributed by atoms with Gasteiger partial charge >= 0.3 is 0 Å². The Hall–Kier alpha value is -2.95. The van der Waals surface area contributed by atoms with Gasteiger partial charge in [-0.1, -0.05) is 18.2 Å². The van der Waals surface area contributed by atoms with Crippen LogP contribution in [0.1, 0.15) is 24.3 Å². The highest BCUT2D eigenvalue weighted by molar-refractivity contribution is 5.92. The number of nitrogen functional groups attached to an aromatic ring is 1. The maximum absolute atomic E-state index is 12.2. The van der Waals surface area contributed by atoms with Gasteiger partial charge in [0.25, 0.3) is 0 Å². The summed E-state index contributed by atoms with van der Waals surface area (Å²) in [6.45, 7) is 0. The number of para-hydroxylation sites is 2. The second-order valence-corrected chi connectivity index (χ2v) is 6.07. The minimum atomic E-state index is 0.0877. The standard InChI is InChI=1S/C20H22N2O3/c1-24-19-8-7-13(11-20(19)25-2)14-9-15(12-16(23)10-14)22-18-6-4-3-5-17(18)21/h3-8,11-12,14,22H,9-10,21H2,1-2H3. The van der Waals surface area contributed by atoms with Gasteiger partial charge in [0.1, 0.15) is 0 Å². The molecule has 0 saturated heterocycles. The summed E-state index contributed by atoms with van der Waals surface area (Å²) < 4.78 is 10.7. The predicted octanol–water partition coefficient (Wildman–Crippen LogP) is 3.73. The fourth-order valence-corrected chi connectivity index (χ4v) is 3.11. The molecule has 130 valence electrons. The smallest absolute Gasteiger partial charge is 0.160 e. The zero-order valence-corrected chi connectivity index (χ0v) is 14.4. The summed E-state index contributed by atoms with van der Waals surface area (Å²) in [5.74, 6) is 1.54. The molecular weight excluding hydrogens is 316 g/mol. The molecule has 0 aliphatic heterocycles. The van der Waals surface area contributed by atoms with E-state index < -0.39 is 0 Å². The van der Waals surface area contributed by atoms with Crippen molar-refractivity contribution in [2.75, 3.05) is 25.3 Å². The molecular formula is C20H22N2O3. The van der Waals surface area contributed by atoms with Crippen LogP contribution in [0, 0.1) is 0 Å². The first-order valence-corrected chi connectivity index (χ1v) is 8.17. The largest absolute Gasteiger partial charge is 0.493 e. The Labute approximate surface area is 147 Å².